The summed E-state index contributed by atoms with van der Waals surface area (Å²) in [5.41, 5.74) is -0.314. The van der Waals surface area contributed by atoms with Crippen molar-refractivity contribution >= 4 is 22.4 Å². The minimum Gasteiger partial charge on any atom is -0.267 e. The fourth-order valence-electron chi connectivity index (χ4n) is 0.999. The summed E-state index contributed by atoms with van der Waals surface area (Å²) < 4.78 is 0. The Balaban J connectivity index is 3.07. The molecule has 1 N–H and O–H groups in total. The molecule has 0 unspecified atom stereocenters. The van der Waals surface area contributed by atoms with Crippen molar-refractivity contribution in [2.24, 2.45) is 0 Å². The number of hydrogen-bond donors (Lipinski definition) is 1. The van der Waals surface area contributed by atoms with E-state index in [0.717, 1.165) is 0 Å². The Labute approximate surface area is 72.2 Å². The molecule has 0 bridgehead atoms. The number of halogens is 1. The Kier molecular flexibility index (Phi) is 1.55. The predicted molar refractivity (Wildman–Crippen MR) is 45.2 cm³/mol. The summed E-state index contributed by atoms with van der Waals surface area (Å²) in [7, 11) is 0. The molecule has 12 heavy (non-hydrogen) atoms. The van der Waals surface area contributed by atoms with Crippen LogP contribution in [0.25, 0.3) is 10.8 Å². The van der Waals surface area contributed by atoms with Crippen molar-refractivity contribution in [3.05, 3.63) is 34.0 Å². The highest BCUT2D eigenvalue weighted by molar-refractivity contribution is 6.34. The average Bonchev–Trinajstić information content (AvgIpc) is 2.04. The molecule has 0 aliphatic heterocycles. The zero-order chi connectivity index (χ0) is 8.55. The van der Waals surface area contributed by atoms with Crippen LogP contribution in [0, 0.1) is 0 Å². The summed E-state index contributed by atoms with van der Waals surface area (Å²) in [5, 5.41) is 7.20. The number of aromatic nitrogens is 3. The van der Waals surface area contributed by atoms with Crippen LogP contribution < -0.4 is 5.56 Å². The number of rotatable bonds is 0. The van der Waals surface area contributed by atoms with Crippen LogP contribution in [0.15, 0.2) is 23.3 Å². The summed E-state index contributed by atoms with van der Waals surface area (Å²) >= 11 is 5.70. The summed E-state index contributed by atoms with van der Waals surface area (Å²) in [4.78, 5) is 14.9. The molecule has 0 aliphatic rings. The maximum atomic E-state index is 11.2. The molecule has 0 saturated carbocycles. The smallest absolute Gasteiger partial charge is 0.267 e. The van der Waals surface area contributed by atoms with Gasteiger partial charge >= 0.3 is 0 Å². The zero-order valence-electron chi connectivity index (χ0n) is 5.91. The van der Waals surface area contributed by atoms with Gasteiger partial charge in [-0.3, -0.25) is 4.79 Å². The van der Waals surface area contributed by atoms with E-state index >= 15 is 0 Å². The Bertz CT molecular complexity index is 474. The van der Waals surface area contributed by atoms with Crippen molar-refractivity contribution in [2.45, 2.75) is 0 Å². The lowest BCUT2D eigenvalue weighted by atomic mass is 10.2. The number of nitrogens with one attached hydrogen (secondary N) is 1. The molecule has 2 rings (SSSR count). The number of nitrogens with zero attached hydrogens (tertiary/aromatic N) is 2. The van der Waals surface area contributed by atoms with Crippen LogP contribution in [0.3, 0.4) is 0 Å². The molecule has 0 spiro atoms. The van der Waals surface area contributed by atoms with Gasteiger partial charge in [0, 0.05) is 11.6 Å². The Morgan fingerprint density at radius 1 is 1.50 bits per heavy atom. The number of H-pyrrole nitrogens is 1. The second-order valence-electron chi connectivity index (χ2n) is 2.27. The van der Waals surface area contributed by atoms with Crippen LogP contribution in [-0.4, -0.2) is 15.2 Å². The number of hydrogen-bond acceptors (Lipinski definition) is 3. The van der Waals surface area contributed by atoms with Crippen molar-refractivity contribution in [3.63, 3.8) is 0 Å². The molecule has 2 aromatic rings. The monoisotopic (exact) mass is 181 g/mol. The number of aromatic amines is 1. The average molecular weight is 182 g/mol. The minimum atomic E-state index is -0.314. The van der Waals surface area contributed by atoms with Gasteiger partial charge in [0.1, 0.15) is 5.15 Å². The van der Waals surface area contributed by atoms with Gasteiger partial charge in [0.15, 0.2) is 0 Å². The third-order valence-electron chi connectivity index (χ3n) is 1.53. The fraction of sp³-hybridized carbons (Fsp3) is 0. The van der Waals surface area contributed by atoms with Gasteiger partial charge in [-0.1, -0.05) is 11.6 Å². The number of fused-ring (bicyclic) bond motifs is 1. The van der Waals surface area contributed by atoms with E-state index in [4.69, 9.17) is 11.6 Å². The maximum Gasteiger partial charge on any atom is 0.275 e. The van der Waals surface area contributed by atoms with Crippen molar-refractivity contribution < 1.29 is 0 Å². The maximum absolute atomic E-state index is 11.2. The fourth-order valence-corrected chi connectivity index (χ4v) is 1.25. The lowest BCUT2D eigenvalue weighted by Crippen LogP contribution is -2.08. The molecule has 0 atom stereocenters. The van der Waals surface area contributed by atoms with Gasteiger partial charge in [-0.15, -0.1) is 0 Å². The molecule has 2 heterocycles. The quantitative estimate of drug-likeness (QED) is 0.617. The standard InChI is InChI=1S/C7H4ClN3O/c8-6-5-4(1-2-9-6)3-10-11-7(5)12/h1-3H,(H,11,12). The molecule has 0 fully saturated rings. The first kappa shape index (κ1) is 7.24. The predicted octanol–water partition coefficient (Wildman–Crippen LogP) is 0.971. The highest BCUT2D eigenvalue weighted by Gasteiger charge is 2.02. The first-order valence-electron chi connectivity index (χ1n) is 3.27. The van der Waals surface area contributed by atoms with E-state index in [9.17, 15) is 4.79 Å². The summed E-state index contributed by atoms with van der Waals surface area (Å²) in [5.74, 6) is 0. The van der Waals surface area contributed by atoms with Crippen molar-refractivity contribution in [3.8, 4) is 0 Å². The van der Waals surface area contributed by atoms with Gasteiger partial charge in [0.05, 0.1) is 11.6 Å². The van der Waals surface area contributed by atoms with E-state index in [2.05, 4.69) is 15.2 Å². The molecular weight excluding hydrogens is 178 g/mol. The van der Waals surface area contributed by atoms with Gasteiger partial charge in [-0.2, -0.15) is 5.10 Å². The molecule has 0 radical (unpaired) electrons. The Hall–Kier alpha value is -1.42. The van der Waals surface area contributed by atoms with Gasteiger partial charge in [0.25, 0.3) is 5.56 Å². The van der Waals surface area contributed by atoms with Crippen LogP contribution in [0.1, 0.15) is 0 Å². The molecule has 2 aromatic heterocycles. The van der Waals surface area contributed by atoms with E-state index in [-0.39, 0.29) is 10.7 Å². The van der Waals surface area contributed by atoms with Gasteiger partial charge < -0.3 is 0 Å². The zero-order valence-corrected chi connectivity index (χ0v) is 6.67. The largest absolute Gasteiger partial charge is 0.275 e. The van der Waals surface area contributed by atoms with E-state index in [1.54, 1.807) is 6.07 Å². The third-order valence-corrected chi connectivity index (χ3v) is 1.82. The molecule has 0 amide bonds. The van der Waals surface area contributed by atoms with Crippen LogP contribution in [-0.2, 0) is 0 Å². The van der Waals surface area contributed by atoms with Crippen LogP contribution in [0.4, 0.5) is 0 Å². The minimum absolute atomic E-state index is 0.205. The molecule has 0 aliphatic carbocycles. The molecule has 60 valence electrons. The molecule has 4 nitrogen and oxygen atoms in total. The van der Waals surface area contributed by atoms with Crippen molar-refractivity contribution in [2.75, 3.05) is 0 Å². The highest BCUT2D eigenvalue weighted by atomic mass is 35.5. The Morgan fingerprint density at radius 2 is 2.33 bits per heavy atom. The van der Waals surface area contributed by atoms with E-state index in [1.807, 2.05) is 0 Å². The SMILES string of the molecule is O=c1[nH]ncc2ccnc(Cl)c12. The second-order valence-corrected chi connectivity index (χ2v) is 2.62. The van der Waals surface area contributed by atoms with Crippen LogP contribution >= 0.6 is 11.6 Å². The summed E-state index contributed by atoms with van der Waals surface area (Å²) in [6.45, 7) is 0. The molecule has 0 saturated heterocycles. The van der Waals surface area contributed by atoms with E-state index < -0.39 is 0 Å². The Morgan fingerprint density at radius 3 is 3.08 bits per heavy atom. The van der Waals surface area contributed by atoms with Crippen LogP contribution in [0.5, 0.6) is 0 Å². The third kappa shape index (κ3) is 0.967. The van der Waals surface area contributed by atoms with E-state index in [1.165, 1.54) is 12.4 Å². The van der Waals surface area contributed by atoms with Crippen LogP contribution in [0.2, 0.25) is 5.15 Å². The van der Waals surface area contributed by atoms with Gasteiger partial charge in [0.2, 0.25) is 0 Å². The lowest BCUT2D eigenvalue weighted by Gasteiger charge is -1.94. The topological polar surface area (TPSA) is 58.6 Å². The normalized spacial score (nSPS) is 10.4. The van der Waals surface area contributed by atoms with Crippen molar-refractivity contribution in [1.82, 2.24) is 15.2 Å². The van der Waals surface area contributed by atoms with Gasteiger partial charge in [-0.05, 0) is 6.07 Å². The van der Waals surface area contributed by atoms with E-state index in [0.29, 0.717) is 10.8 Å². The summed E-state index contributed by atoms with van der Waals surface area (Å²) in [6, 6.07) is 1.68. The number of pyridine rings is 1. The second kappa shape index (κ2) is 2.57. The summed E-state index contributed by atoms with van der Waals surface area (Å²) in [6.07, 6.45) is 3.07. The first-order chi connectivity index (χ1) is 5.79. The lowest BCUT2D eigenvalue weighted by molar-refractivity contribution is 1.01. The molecule has 5 heteroatoms. The van der Waals surface area contributed by atoms with Gasteiger partial charge in [-0.25, -0.2) is 10.1 Å². The molecule has 0 aromatic carbocycles. The molecular formula is C7H4ClN3O. The first-order valence-corrected chi connectivity index (χ1v) is 3.65. The van der Waals surface area contributed by atoms with Crippen molar-refractivity contribution in [1.29, 1.82) is 0 Å². The highest BCUT2D eigenvalue weighted by Crippen LogP contribution is 2.14.